The summed E-state index contributed by atoms with van der Waals surface area (Å²) in [7, 11) is 0. The molecule has 0 aliphatic carbocycles. The van der Waals surface area contributed by atoms with E-state index in [1.165, 1.54) is 11.6 Å². The second-order valence-electron chi connectivity index (χ2n) is 6.44. The third kappa shape index (κ3) is 4.72. The lowest BCUT2D eigenvalue weighted by molar-refractivity contribution is -0.125. The SMILES string of the molecule is Cc1cccc(/C=C/C(=O)NNC(=O)CN2CCCc3ccccc32)c1. The molecule has 2 N–H and O–H groups in total. The number of benzene rings is 2. The molecule has 0 atom stereocenters. The Balaban J connectivity index is 1.49. The van der Waals surface area contributed by atoms with E-state index in [2.05, 4.69) is 16.9 Å². The lowest BCUT2D eigenvalue weighted by Crippen LogP contribution is -2.47. The van der Waals surface area contributed by atoms with Crippen molar-refractivity contribution in [2.24, 2.45) is 0 Å². The zero-order valence-electron chi connectivity index (χ0n) is 14.9. The maximum Gasteiger partial charge on any atom is 0.262 e. The highest BCUT2D eigenvalue weighted by molar-refractivity contribution is 5.93. The minimum absolute atomic E-state index is 0.221. The van der Waals surface area contributed by atoms with Crippen LogP contribution in [-0.4, -0.2) is 24.9 Å². The van der Waals surface area contributed by atoms with Gasteiger partial charge in [-0.25, -0.2) is 0 Å². The number of hydrogen-bond donors (Lipinski definition) is 2. The van der Waals surface area contributed by atoms with Crippen LogP contribution in [0.25, 0.3) is 6.08 Å². The fourth-order valence-corrected chi connectivity index (χ4v) is 3.11. The average molecular weight is 349 g/mol. The van der Waals surface area contributed by atoms with Gasteiger partial charge in [0.1, 0.15) is 0 Å². The van der Waals surface area contributed by atoms with Crippen LogP contribution >= 0.6 is 0 Å². The van der Waals surface area contributed by atoms with Crippen LogP contribution in [0.15, 0.2) is 54.6 Å². The van der Waals surface area contributed by atoms with Crippen molar-refractivity contribution >= 4 is 23.6 Å². The van der Waals surface area contributed by atoms with Crippen molar-refractivity contribution < 1.29 is 9.59 Å². The van der Waals surface area contributed by atoms with Gasteiger partial charge < -0.3 is 4.90 Å². The molecule has 5 nitrogen and oxygen atoms in total. The van der Waals surface area contributed by atoms with Crippen molar-refractivity contribution in [3.63, 3.8) is 0 Å². The Morgan fingerprint density at radius 1 is 1.12 bits per heavy atom. The molecule has 0 bridgehead atoms. The molecule has 0 saturated heterocycles. The van der Waals surface area contributed by atoms with E-state index in [1.807, 2.05) is 54.3 Å². The largest absolute Gasteiger partial charge is 0.362 e. The number of nitrogens with one attached hydrogen (secondary N) is 2. The van der Waals surface area contributed by atoms with Crippen molar-refractivity contribution in [1.82, 2.24) is 10.9 Å². The second kappa shape index (κ2) is 8.34. The number of nitrogens with zero attached hydrogens (tertiary/aromatic N) is 1. The first-order chi connectivity index (χ1) is 12.6. The number of aryl methyl sites for hydroxylation is 2. The maximum atomic E-state index is 12.2. The minimum atomic E-state index is -0.362. The molecule has 0 spiro atoms. The Bertz CT molecular complexity index is 830. The molecule has 134 valence electrons. The van der Waals surface area contributed by atoms with Gasteiger partial charge in [0, 0.05) is 18.3 Å². The van der Waals surface area contributed by atoms with Crippen molar-refractivity contribution in [3.05, 3.63) is 71.3 Å². The summed E-state index contributed by atoms with van der Waals surface area (Å²) in [5, 5.41) is 0. The van der Waals surface area contributed by atoms with Gasteiger partial charge in [-0.2, -0.15) is 0 Å². The summed E-state index contributed by atoms with van der Waals surface area (Å²) >= 11 is 0. The summed E-state index contributed by atoms with van der Waals surface area (Å²) in [6.45, 7) is 3.06. The molecule has 1 aliphatic heterocycles. The molecule has 3 rings (SSSR count). The number of rotatable bonds is 4. The van der Waals surface area contributed by atoms with E-state index in [1.54, 1.807) is 6.08 Å². The number of para-hydroxylation sites is 1. The number of anilines is 1. The maximum absolute atomic E-state index is 12.2. The third-order valence-electron chi connectivity index (χ3n) is 4.34. The average Bonchev–Trinajstić information content (AvgIpc) is 2.65. The first-order valence-electron chi connectivity index (χ1n) is 8.78. The van der Waals surface area contributed by atoms with Crippen LogP contribution in [0, 0.1) is 6.92 Å². The Labute approximate surface area is 153 Å². The molecule has 1 heterocycles. The van der Waals surface area contributed by atoms with Gasteiger partial charge in [-0.15, -0.1) is 0 Å². The molecule has 2 amide bonds. The summed E-state index contributed by atoms with van der Waals surface area (Å²) in [6, 6.07) is 16.0. The number of hydrogen-bond acceptors (Lipinski definition) is 3. The topological polar surface area (TPSA) is 61.4 Å². The van der Waals surface area contributed by atoms with Gasteiger partial charge in [0.05, 0.1) is 6.54 Å². The predicted octanol–water partition coefficient (Wildman–Crippen LogP) is 2.61. The van der Waals surface area contributed by atoms with Crippen molar-refractivity contribution in [1.29, 1.82) is 0 Å². The standard InChI is InChI=1S/C21H23N3O2/c1-16-6-4-7-17(14-16)11-12-20(25)22-23-21(26)15-24-13-5-9-18-8-2-3-10-19(18)24/h2-4,6-8,10-12,14H,5,9,13,15H2,1H3,(H,22,25)(H,23,26)/b12-11+. The van der Waals surface area contributed by atoms with E-state index in [0.29, 0.717) is 0 Å². The highest BCUT2D eigenvalue weighted by Crippen LogP contribution is 2.26. The lowest BCUT2D eigenvalue weighted by Gasteiger charge is -2.30. The Hall–Kier alpha value is -3.08. The highest BCUT2D eigenvalue weighted by atomic mass is 16.2. The summed E-state index contributed by atoms with van der Waals surface area (Å²) in [5.41, 5.74) is 9.33. The molecular formula is C21H23N3O2. The van der Waals surface area contributed by atoms with Crippen LogP contribution in [0.2, 0.25) is 0 Å². The van der Waals surface area contributed by atoms with Gasteiger partial charge in [-0.1, -0.05) is 48.0 Å². The number of hydrazine groups is 1. The number of carbonyl (C=O) groups is 2. The Kier molecular flexibility index (Phi) is 5.69. The van der Waals surface area contributed by atoms with Crippen LogP contribution < -0.4 is 15.8 Å². The van der Waals surface area contributed by atoms with Gasteiger partial charge in [-0.3, -0.25) is 20.4 Å². The quantitative estimate of drug-likeness (QED) is 0.659. The van der Waals surface area contributed by atoms with Crippen LogP contribution in [-0.2, 0) is 16.0 Å². The first-order valence-corrected chi connectivity index (χ1v) is 8.78. The molecule has 0 aromatic heterocycles. The smallest absolute Gasteiger partial charge is 0.262 e. The number of fused-ring (bicyclic) bond motifs is 1. The summed E-state index contributed by atoms with van der Waals surface area (Å²) < 4.78 is 0. The molecule has 5 heteroatoms. The van der Waals surface area contributed by atoms with Crippen molar-refractivity contribution in [3.8, 4) is 0 Å². The fraction of sp³-hybridized carbons (Fsp3) is 0.238. The van der Waals surface area contributed by atoms with Crippen molar-refractivity contribution in [2.45, 2.75) is 19.8 Å². The molecule has 0 saturated carbocycles. The normalized spacial score (nSPS) is 13.3. The zero-order valence-corrected chi connectivity index (χ0v) is 14.9. The first kappa shape index (κ1) is 17.7. The molecule has 0 unspecified atom stereocenters. The molecule has 2 aromatic carbocycles. The molecular weight excluding hydrogens is 326 g/mol. The van der Waals surface area contributed by atoms with Crippen LogP contribution in [0.4, 0.5) is 5.69 Å². The summed E-state index contributed by atoms with van der Waals surface area (Å²) in [4.78, 5) is 26.1. The lowest BCUT2D eigenvalue weighted by atomic mass is 10.0. The minimum Gasteiger partial charge on any atom is -0.362 e. The Morgan fingerprint density at radius 2 is 1.96 bits per heavy atom. The molecule has 26 heavy (non-hydrogen) atoms. The molecule has 2 aromatic rings. The van der Waals surface area contributed by atoms with E-state index in [0.717, 1.165) is 36.2 Å². The zero-order chi connectivity index (χ0) is 18.4. The van der Waals surface area contributed by atoms with E-state index >= 15 is 0 Å². The Morgan fingerprint density at radius 3 is 2.81 bits per heavy atom. The van der Waals surface area contributed by atoms with E-state index in [9.17, 15) is 9.59 Å². The van der Waals surface area contributed by atoms with E-state index < -0.39 is 0 Å². The summed E-state index contributed by atoms with van der Waals surface area (Å²) in [5.74, 6) is -0.599. The van der Waals surface area contributed by atoms with Gasteiger partial charge in [0.25, 0.3) is 11.8 Å². The third-order valence-corrected chi connectivity index (χ3v) is 4.34. The van der Waals surface area contributed by atoms with E-state index in [-0.39, 0.29) is 18.4 Å². The predicted molar refractivity (Wildman–Crippen MR) is 103 cm³/mol. The molecule has 0 radical (unpaired) electrons. The van der Waals surface area contributed by atoms with E-state index in [4.69, 9.17) is 0 Å². The van der Waals surface area contributed by atoms with Gasteiger partial charge in [-0.05, 0) is 43.0 Å². The molecule has 1 aliphatic rings. The van der Waals surface area contributed by atoms with Gasteiger partial charge >= 0.3 is 0 Å². The van der Waals surface area contributed by atoms with Crippen LogP contribution in [0.1, 0.15) is 23.1 Å². The highest BCUT2D eigenvalue weighted by Gasteiger charge is 2.18. The monoisotopic (exact) mass is 349 g/mol. The summed E-state index contributed by atoms with van der Waals surface area (Å²) in [6.07, 6.45) is 5.19. The van der Waals surface area contributed by atoms with Crippen LogP contribution in [0.3, 0.4) is 0 Å². The second-order valence-corrected chi connectivity index (χ2v) is 6.44. The number of carbonyl (C=O) groups excluding carboxylic acids is 2. The van der Waals surface area contributed by atoms with Crippen molar-refractivity contribution in [2.75, 3.05) is 18.0 Å². The van der Waals surface area contributed by atoms with Gasteiger partial charge in [0.2, 0.25) is 0 Å². The number of amides is 2. The molecule has 0 fully saturated rings. The fourth-order valence-electron chi connectivity index (χ4n) is 3.11. The van der Waals surface area contributed by atoms with Crippen LogP contribution in [0.5, 0.6) is 0 Å². The van der Waals surface area contributed by atoms with Gasteiger partial charge in [0.15, 0.2) is 0 Å².